The maximum atomic E-state index is 13.2. The number of hydrogen-bond donors (Lipinski definition) is 2. The van der Waals surface area contributed by atoms with Crippen molar-refractivity contribution in [1.29, 1.82) is 0 Å². The second kappa shape index (κ2) is 14.4. The van der Waals surface area contributed by atoms with Crippen molar-refractivity contribution in [3.8, 4) is 5.75 Å². The highest BCUT2D eigenvalue weighted by Gasteiger charge is 2.15. The highest BCUT2D eigenvalue weighted by atomic mass is 79.9. The normalized spacial score (nSPS) is 11.5. The fourth-order valence-electron chi connectivity index (χ4n) is 3.59. The summed E-state index contributed by atoms with van der Waals surface area (Å²) in [6.07, 6.45) is 7.12. The number of carbonyl (C=O) groups is 3. The lowest BCUT2D eigenvalue weighted by Gasteiger charge is -2.13. The van der Waals surface area contributed by atoms with E-state index in [0.717, 1.165) is 5.69 Å². The third kappa shape index (κ3) is 8.64. The Labute approximate surface area is 251 Å². The van der Waals surface area contributed by atoms with Gasteiger partial charge in [0.05, 0.1) is 12.5 Å². The summed E-state index contributed by atoms with van der Waals surface area (Å²) < 4.78 is 11.3. The van der Waals surface area contributed by atoms with Crippen molar-refractivity contribution < 1.29 is 23.5 Å². The number of amides is 2. The first kappa shape index (κ1) is 29.8. The van der Waals surface area contributed by atoms with E-state index in [4.69, 9.17) is 9.15 Å². The van der Waals surface area contributed by atoms with E-state index >= 15 is 0 Å². The quantitative estimate of drug-likeness (QED) is 0.0773. The number of ether oxygens (including phenoxy) is 1. The van der Waals surface area contributed by atoms with Gasteiger partial charge in [-0.3, -0.25) is 9.59 Å². The number of benzene rings is 3. The van der Waals surface area contributed by atoms with Crippen LogP contribution in [0, 0.1) is 0 Å². The van der Waals surface area contributed by atoms with Gasteiger partial charge in [-0.15, -0.1) is 0 Å². The molecule has 4 rings (SSSR count). The predicted octanol–water partition coefficient (Wildman–Crippen LogP) is 5.65. The summed E-state index contributed by atoms with van der Waals surface area (Å²) in [7, 11) is 3.86. The van der Waals surface area contributed by atoms with Crippen molar-refractivity contribution in [2.24, 2.45) is 5.10 Å². The second-order valence-electron chi connectivity index (χ2n) is 9.02. The van der Waals surface area contributed by atoms with E-state index in [-0.39, 0.29) is 11.4 Å². The number of hydrogen-bond acceptors (Lipinski definition) is 7. The third-order valence-corrected chi connectivity index (χ3v) is 6.22. The number of nitrogens with zero attached hydrogens (tertiary/aromatic N) is 2. The number of esters is 1. The molecule has 10 heteroatoms. The molecule has 0 aliphatic rings. The Bertz CT molecular complexity index is 1630. The molecule has 0 unspecified atom stereocenters. The first-order valence-electron chi connectivity index (χ1n) is 12.7. The number of halogens is 1. The van der Waals surface area contributed by atoms with E-state index in [2.05, 4.69) is 31.8 Å². The highest BCUT2D eigenvalue weighted by Crippen LogP contribution is 2.22. The molecular formula is C32H27BrN4O5. The average molecular weight is 627 g/mol. The van der Waals surface area contributed by atoms with Gasteiger partial charge in [-0.1, -0.05) is 46.3 Å². The lowest BCUT2D eigenvalue weighted by atomic mass is 10.1. The molecule has 212 valence electrons. The van der Waals surface area contributed by atoms with Gasteiger partial charge in [0.2, 0.25) is 0 Å². The molecule has 1 heterocycles. The number of rotatable bonds is 10. The van der Waals surface area contributed by atoms with Gasteiger partial charge in [0.1, 0.15) is 17.2 Å². The zero-order valence-electron chi connectivity index (χ0n) is 22.8. The van der Waals surface area contributed by atoms with Crippen LogP contribution in [0.25, 0.3) is 12.2 Å². The monoisotopic (exact) mass is 626 g/mol. The van der Waals surface area contributed by atoms with Crippen molar-refractivity contribution in [2.45, 2.75) is 0 Å². The van der Waals surface area contributed by atoms with Gasteiger partial charge in [-0.05, 0) is 72.3 Å². The summed E-state index contributed by atoms with van der Waals surface area (Å²) in [5, 5.41) is 6.72. The fraction of sp³-hybridized carbons (Fsp3) is 0.0625. The highest BCUT2D eigenvalue weighted by molar-refractivity contribution is 9.10. The van der Waals surface area contributed by atoms with Crippen LogP contribution in [-0.2, 0) is 9.59 Å². The van der Waals surface area contributed by atoms with Gasteiger partial charge in [-0.2, -0.15) is 5.10 Å². The minimum atomic E-state index is -0.651. The number of carbonyl (C=O) groups excluding carboxylic acids is 3. The van der Waals surface area contributed by atoms with E-state index in [9.17, 15) is 14.4 Å². The molecule has 0 bridgehead atoms. The van der Waals surface area contributed by atoms with E-state index in [1.54, 1.807) is 66.7 Å². The van der Waals surface area contributed by atoms with Crippen LogP contribution in [0.15, 0.2) is 117 Å². The van der Waals surface area contributed by atoms with Crippen LogP contribution in [-0.4, -0.2) is 38.1 Å². The minimum Gasteiger partial charge on any atom is -0.465 e. The van der Waals surface area contributed by atoms with E-state index in [0.29, 0.717) is 26.9 Å². The number of nitrogens with one attached hydrogen (secondary N) is 2. The molecule has 4 aromatic rings. The van der Waals surface area contributed by atoms with Gasteiger partial charge in [0.15, 0.2) is 0 Å². The van der Waals surface area contributed by atoms with Crippen LogP contribution in [0.2, 0.25) is 0 Å². The molecule has 9 nitrogen and oxygen atoms in total. The van der Waals surface area contributed by atoms with Crippen molar-refractivity contribution in [3.63, 3.8) is 0 Å². The summed E-state index contributed by atoms with van der Waals surface area (Å²) in [6.45, 7) is 0. The Morgan fingerprint density at radius 1 is 0.952 bits per heavy atom. The fourth-order valence-corrected chi connectivity index (χ4v) is 3.97. The predicted molar refractivity (Wildman–Crippen MR) is 166 cm³/mol. The van der Waals surface area contributed by atoms with E-state index in [1.807, 2.05) is 43.3 Å². The van der Waals surface area contributed by atoms with Crippen molar-refractivity contribution in [3.05, 3.63) is 130 Å². The molecular weight excluding hydrogens is 600 g/mol. The Balaban J connectivity index is 1.51. The molecule has 0 atom stereocenters. The largest absolute Gasteiger partial charge is 0.465 e. The molecule has 0 spiro atoms. The Hall–Kier alpha value is -5.22. The average Bonchev–Trinajstić information content (AvgIpc) is 3.51. The van der Waals surface area contributed by atoms with Crippen LogP contribution in [0.4, 0.5) is 5.69 Å². The molecule has 2 amide bonds. The Morgan fingerprint density at radius 3 is 2.40 bits per heavy atom. The van der Waals surface area contributed by atoms with Crippen LogP contribution < -0.4 is 20.4 Å². The Kier molecular flexibility index (Phi) is 10.2. The summed E-state index contributed by atoms with van der Waals surface area (Å²) in [5.74, 6) is -0.998. The van der Waals surface area contributed by atoms with Crippen LogP contribution >= 0.6 is 15.9 Å². The van der Waals surface area contributed by atoms with Gasteiger partial charge in [0.25, 0.3) is 11.8 Å². The zero-order valence-corrected chi connectivity index (χ0v) is 24.4. The number of furan rings is 1. The molecule has 0 saturated carbocycles. The van der Waals surface area contributed by atoms with Crippen LogP contribution in [0.3, 0.4) is 0 Å². The molecule has 42 heavy (non-hydrogen) atoms. The Morgan fingerprint density at radius 2 is 1.71 bits per heavy atom. The molecule has 2 N–H and O–H groups in total. The zero-order chi connectivity index (χ0) is 29.9. The molecule has 0 aliphatic carbocycles. The summed E-state index contributed by atoms with van der Waals surface area (Å²) in [4.78, 5) is 40.3. The molecule has 0 radical (unpaired) electrons. The van der Waals surface area contributed by atoms with Crippen molar-refractivity contribution in [2.75, 3.05) is 19.0 Å². The van der Waals surface area contributed by atoms with Crippen molar-refractivity contribution in [1.82, 2.24) is 10.7 Å². The first-order chi connectivity index (χ1) is 20.3. The lowest BCUT2D eigenvalue weighted by molar-refractivity contribution is -0.129. The summed E-state index contributed by atoms with van der Waals surface area (Å²) >= 11 is 3.39. The topological polar surface area (TPSA) is 113 Å². The molecule has 0 fully saturated rings. The lowest BCUT2D eigenvalue weighted by Crippen LogP contribution is -2.32. The van der Waals surface area contributed by atoms with Gasteiger partial charge in [-0.25, -0.2) is 10.2 Å². The SMILES string of the molecule is CN(C)c1ccc(/C=C(\NC(=O)c2ccccc2)C(=O)N/N=C\c2cc(Br)ccc2OC(=O)/C=C\c2ccco2)cc1. The number of anilines is 1. The van der Waals surface area contributed by atoms with Gasteiger partial charge < -0.3 is 19.4 Å². The first-order valence-corrected chi connectivity index (χ1v) is 13.5. The van der Waals surface area contributed by atoms with Gasteiger partial charge in [0, 0.05) is 41.5 Å². The maximum absolute atomic E-state index is 13.2. The van der Waals surface area contributed by atoms with E-state index < -0.39 is 17.8 Å². The summed E-state index contributed by atoms with van der Waals surface area (Å²) in [6, 6.07) is 24.4. The second-order valence-corrected chi connectivity index (χ2v) is 9.93. The standard InChI is InChI=1S/C32H27BrN4O5/c1-37(2)26-13-10-22(11-14-26)19-28(35-31(39)23-7-4-3-5-8-23)32(40)36-34-21-24-20-25(33)12-16-29(24)42-30(38)17-15-27-9-6-18-41-27/h3-21H,1-2H3,(H,35,39)(H,36,40)/b17-15-,28-19-,34-21-. The smallest absolute Gasteiger partial charge is 0.336 e. The van der Waals surface area contributed by atoms with E-state index in [1.165, 1.54) is 24.6 Å². The third-order valence-electron chi connectivity index (χ3n) is 5.73. The molecule has 0 aliphatic heterocycles. The van der Waals surface area contributed by atoms with Crippen LogP contribution in [0.1, 0.15) is 27.2 Å². The summed E-state index contributed by atoms with van der Waals surface area (Å²) in [5.41, 5.74) is 4.92. The minimum absolute atomic E-state index is 0.0115. The van der Waals surface area contributed by atoms with Crippen molar-refractivity contribution >= 4 is 57.8 Å². The molecule has 0 saturated heterocycles. The molecule has 1 aromatic heterocycles. The number of hydrazone groups is 1. The maximum Gasteiger partial charge on any atom is 0.336 e. The molecule has 3 aromatic carbocycles. The van der Waals surface area contributed by atoms with Crippen LogP contribution in [0.5, 0.6) is 5.75 Å². The van der Waals surface area contributed by atoms with Gasteiger partial charge >= 0.3 is 5.97 Å².